The molecule has 2 rings (SSSR count). The summed E-state index contributed by atoms with van der Waals surface area (Å²) in [5, 5.41) is 10.6. The number of hydrogen-bond donors (Lipinski definition) is 2. The molecule has 0 radical (unpaired) electrons. The molecule has 1 fully saturated rings. The molecule has 2 N–H and O–H groups in total. The summed E-state index contributed by atoms with van der Waals surface area (Å²) in [5.41, 5.74) is 0.551. The molecule has 0 saturated carbocycles. The molecule has 0 spiro atoms. The minimum atomic E-state index is -0.241. The van der Waals surface area contributed by atoms with Crippen molar-refractivity contribution in [2.24, 2.45) is 5.41 Å². The van der Waals surface area contributed by atoms with Crippen LogP contribution in [0.4, 0.5) is 5.69 Å². The van der Waals surface area contributed by atoms with Gasteiger partial charge >= 0.3 is 0 Å². The smallest absolute Gasteiger partial charge is 0.232 e. The highest BCUT2D eigenvalue weighted by molar-refractivity contribution is 5.95. The number of rotatable bonds is 5. The van der Waals surface area contributed by atoms with Gasteiger partial charge in [0.05, 0.1) is 17.3 Å². The van der Waals surface area contributed by atoms with E-state index in [0.29, 0.717) is 6.04 Å². The second-order valence-corrected chi connectivity index (χ2v) is 5.71. The molecule has 106 valence electrons. The van der Waals surface area contributed by atoms with Crippen LogP contribution in [0.15, 0.2) is 12.4 Å². The van der Waals surface area contributed by atoms with Crippen LogP contribution in [0.1, 0.15) is 46.1 Å². The van der Waals surface area contributed by atoms with Crippen LogP contribution in [-0.4, -0.2) is 28.8 Å². The number of amides is 1. The van der Waals surface area contributed by atoms with Gasteiger partial charge in [-0.25, -0.2) is 0 Å². The zero-order chi connectivity index (χ0) is 13.9. The van der Waals surface area contributed by atoms with E-state index in [1.54, 1.807) is 6.20 Å². The van der Waals surface area contributed by atoms with E-state index in [4.69, 9.17) is 0 Å². The first-order valence-electron chi connectivity index (χ1n) is 7.14. The van der Waals surface area contributed by atoms with Crippen LogP contribution >= 0.6 is 0 Å². The van der Waals surface area contributed by atoms with Crippen molar-refractivity contribution >= 4 is 11.6 Å². The van der Waals surface area contributed by atoms with E-state index in [9.17, 15) is 4.79 Å². The molecular formula is C14H24N4O. The van der Waals surface area contributed by atoms with Crippen molar-refractivity contribution in [1.29, 1.82) is 0 Å². The molecule has 1 saturated heterocycles. The van der Waals surface area contributed by atoms with Gasteiger partial charge in [0.25, 0.3) is 0 Å². The molecule has 1 amide bonds. The molecule has 1 aliphatic rings. The average molecular weight is 264 g/mol. The number of hydrogen-bond acceptors (Lipinski definition) is 3. The van der Waals surface area contributed by atoms with Crippen molar-refractivity contribution in [3.63, 3.8) is 0 Å². The summed E-state index contributed by atoms with van der Waals surface area (Å²) in [6, 6.07) is 0.309. The minimum absolute atomic E-state index is 0.127. The summed E-state index contributed by atoms with van der Waals surface area (Å²) >= 11 is 0. The Kier molecular flexibility index (Phi) is 4.24. The van der Waals surface area contributed by atoms with Crippen molar-refractivity contribution in [1.82, 2.24) is 15.1 Å². The van der Waals surface area contributed by atoms with Crippen molar-refractivity contribution < 1.29 is 4.79 Å². The number of aromatic nitrogens is 2. The van der Waals surface area contributed by atoms with Crippen LogP contribution in [0.2, 0.25) is 0 Å². The topological polar surface area (TPSA) is 59.0 Å². The van der Waals surface area contributed by atoms with Crippen molar-refractivity contribution in [2.75, 3.05) is 18.4 Å². The first-order valence-corrected chi connectivity index (χ1v) is 7.14. The van der Waals surface area contributed by atoms with Gasteiger partial charge in [-0.2, -0.15) is 5.10 Å². The fourth-order valence-corrected chi connectivity index (χ4v) is 2.69. The Morgan fingerprint density at radius 1 is 1.63 bits per heavy atom. The highest BCUT2D eigenvalue weighted by Gasteiger charge is 2.40. The van der Waals surface area contributed by atoms with Crippen LogP contribution in [0.5, 0.6) is 0 Å². The Morgan fingerprint density at radius 2 is 2.42 bits per heavy atom. The predicted molar refractivity (Wildman–Crippen MR) is 76.1 cm³/mol. The largest absolute Gasteiger partial charge is 0.323 e. The summed E-state index contributed by atoms with van der Waals surface area (Å²) in [5.74, 6) is 0.127. The van der Waals surface area contributed by atoms with Gasteiger partial charge in [0, 0.05) is 18.8 Å². The first-order chi connectivity index (χ1) is 9.07. The molecule has 1 unspecified atom stereocenters. The number of carbonyl (C=O) groups is 1. The van der Waals surface area contributed by atoms with Crippen molar-refractivity contribution in [3.8, 4) is 0 Å². The Labute approximate surface area is 114 Å². The molecule has 19 heavy (non-hydrogen) atoms. The van der Waals surface area contributed by atoms with Crippen LogP contribution in [0.25, 0.3) is 0 Å². The summed E-state index contributed by atoms with van der Waals surface area (Å²) in [7, 11) is 0. The second kappa shape index (κ2) is 5.74. The van der Waals surface area contributed by atoms with Gasteiger partial charge in [-0.3, -0.25) is 9.48 Å². The van der Waals surface area contributed by atoms with Gasteiger partial charge in [0.15, 0.2) is 0 Å². The van der Waals surface area contributed by atoms with Gasteiger partial charge in [-0.15, -0.1) is 0 Å². The third-order valence-corrected chi connectivity index (χ3v) is 3.84. The monoisotopic (exact) mass is 264 g/mol. The molecule has 0 aromatic carbocycles. The van der Waals surface area contributed by atoms with Crippen LogP contribution < -0.4 is 10.6 Å². The molecule has 1 aliphatic heterocycles. The van der Waals surface area contributed by atoms with Gasteiger partial charge in [-0.1, -0.05) is 13.3 Å². The van der Waals surface area contributed by atoms with Crippen molar-refractivity contribution in [2.45, 2.75) is 46.1 Å². The quantitative estimate of drug-likeness (QED) is 0.857. The molecule has 5 nitrogen and oxygen atoms in total. The zero-order valence-corrected chi connectivity index (χ0v) is 12.1. The maximum Gasteiger partial charge on any atom is 0.232 e. The average Bonchev–Trinajstić information content (AvgIpc) is 2.99. The number of anilines is 1. The predicted octanol–water partition coefficient (Wildman–Crippen LogP) is 2.18. The molecule has 1 atom stereocenters. The minimum Gasteiger partial charge on any atom is -0.323 e. The third-order valence-electron chi connectivity index (χ3n) is 3.84. The summed E-state index contributed by atoms with van der Waals surface area (Å²) in [6.07, 6.45) is 6.50. The number of nitrogens with zero attached hydrogens (tertiary/aromatic N) is 2. The van der Waals surface area contributed by atoms with E-state index >= 15 is 0 Å². The molecule has 5 heteroatoms. The summed E-state index contributed by atoms with van der Waals surface area (Å²) in [4.78, 5) is 12.5. The van der Waals surface area contributed by atoms with Gasteiger partial charge in [0.2, 0.25) is 5.91 Å². The van der Waals surface area contributed by atoms with E-state index in [0.717, 1.165) is 38.0 Å². The third kappa shape index (κ3) is 2.97. The normalized spacial score (nSPS) is 22.9. The Morgan fingerprint density at radius 3 is 2.95 bits per heavy atom. The standard InChI is InChI=1S/C14H24N4O/c1-4-5-14(6-7-15-10-14)13(19)17-12-8-16-18(9-12)11(2)3/h8-9,11,15H,4-7,10H2,1-3H3,(H,17,19). The lowest BCUT2D eigenvalue weighted by Crippen LogP contribution is -2.38. The molecule has 0 aliphatic carbocycles. The molecule has 2 heterocycles. The summed E-state index contributed by atoms with van der Waals surface area (Å²) in [6.45, 7) is 7.98. The SMILES string of the molecule is CCCC1(C(=O)Nc2cnn(C(C)C)c2)CCNC1. The molecular weight excluding hydrogens is 240 g/mol. The summed E-state index contributed by atoms with van der Waals surface area (Å²) < 4.78 is 1.86. The lowest BCUT2D eigenvalue weighted by atomic mass is 9.81. The zero-order valence-electron chi connectivity index (χ0n) is 12.1. The maximum atomic E-state index is 12.5. The van der Waals surface area contributed by atoms with Crippen molar-refractivity contribution in [3.05, 3.63) is 12.4 Å². The Bertz CT molecular complexity index is 432. The fourth-order valence-electron chi connectivity index (χ4n) is 2.69. The number of carbonyl (C=O) groups excluding carboxylic acids is 1. The van der Waals surface area contributed by atoms with E-state index < -0.39 is 0 Å². The first kappa shape index (κ1) is 14.1. The van der Waals surface area contributed by atoms with E-state index in [-0.39, 0.29) is 11.3 Å². The lowest BCUT2D eigenvalue weighted by Gasteiger charge is -2.26. The molecule has 1 aromatic rings. The fraction of sp³-hybridized carbons (Fsp3) is 0.714. The maximum absolute atomic E-state index is 12.5. The van der Waals surface area contributed by atoms with Gasteiger partial charge in [-0.05, 0) is 33.2 Å². The highest BCUT2D eigenvalue weighted by Crippen LogP contribution is 2.32. The molecule has 1 aromatic heterocycles. The van der Waals surface area contributed by atoms with E-state index in [1.165, 1.54) is 0 Å². The highest BCUT2D eigenvalue weighted by atomic mass is 16.2. The van der Waals surface area contributed by atoms with Gasteiger partial charge < -0.3 is 10.6 Å². The lowest BCUT2D eigenvalue weighted by molar-refractivity contribution is -0.125. The van der Waals surface area contributed by atoms with Crippen LogP contribution in [0.3, 0.4) is 0 Å². The Hall–Kier alpha value is -1.36. The van der Waals surface area contributed by atoms with Crippen LogP contribution in [-0.2, 0) is 4.79 Å². The molecule has 0 bridgehead atoms. The van der Waals surface area contributed by atoms with Gasteiger partial charge in [0.1, 0.15) is 0 Å². The van der Waals surface area contributed by atoms with E-state index in [2.05, 4.69) is 36.5 Å². The van der Waals surface area contributed by atoms with Crippen LogP contribution in [0, 0.1) is 5.41 Å². The van der Waals surface area contributed by atoms with E-state index in [1.807, 2.05) is 10.9 Å². The number of nitrogens with one attached hydrogen (secondary N) is 2. The second-order valence-electron chi connectivity index (χ2n) is 5.71. The Balaban J connectivity index is 2.06.